The molecular formula is C23H50N4O6. The van der Waals surface area contributed by atoms with Crippen LogP contribution in [0.3, 0.4) is 0 Å². The number of hydrogen-bond acceptors (Lipinski definition) is 10. The summed E-state index contributed by atoms with van der Waals surface area (Å²) in [5, 5.41) is 41.1. The molecule has 1 rings (SSSR count). The van der Waals surface area contributed by atoms with E-state index in [4.69, 9.17) is 32.4 Å². The fourth-order valence-corrected chi connectivity index (χ4v) is 4.49. The molecule has 0 aromatic rings. The van der Waals surface area contributed by atoms with Gasteiger partial charge in [-0.3, -0.25) is 0 Å². The molecule has 12 N–H and O–H groups in total. The van der Waals surface area contributed by atoms with Gasteiger partial charge < -0.3 is 52.8 Å². The summed E-state index contributed by atoms with van der Waals surface area (Å²) in [4.78, 5) is 0. The van der Waals surface area contributed by atoms with E-state index in [1.54, 1.807) is 0 Å². The molecule has 1 saturated carbocycles. The summed E-state index contributed by atoms with van der Waals surface area (Å²) in [6.45, 7) is 8.21. The van der Waals surface area contributed by atoms with Crippen molar-refractivity contribution in [3.05, 3.63) is 0 Å². The van der Waals surface area contributed by atoms with Crippen molar-refractivity contribution in [1.29, 1.82) is 0 Å². The largest absolute Gasteiger partial charge is 0.396 e. The Bertz CT molecular complexity index is 523. The summed E-state index contributed by atoms with van der Waals surface area (Å²) in [6.07, 6.45) is -2.46. The van der Waals surface area contributed by atoms with E-state index in [0.29, 0.717) is 18.9 Å². The molecule has 0 aliphatic heterocycles. The maximum absolute atomic E-state index is 11.0. The first-order valence-electron chi connectivity index (χ1n) is 12.3. The van der Waals surface area contributed by atoms with Crippen LogP contribution in [-0.4, -0.2) is 94.9 Å². The predicted octanol–water partition coefficient (Wildman–Crippen LogP) is -1.36. The summed E-state index contributed by atoms with van der Waals surface area (Å²) >= 11 is 0. The Hall–Kier alpha value is -0.400. The maximum Gasteiger partial charge on any atom is 0.105 e. The fraction of sp³-hybridized carbons (Fsp3) is 1.00. The van der Waals surface area contributed by atoms with Crippen LogP contribution in [-0.2, 0) is 9.47 Å². The quantitative estimate of drug-likeness (QED) is 0.139. The second-order valence-electron chi connectivity index (χ2n) is 10.2. The van der Waals surface area contributed by atoms with Crippen molar-refractivity contribution in [3.8, 4) is 0 Å². The minimum atomic E-state index is -1.12. The van der Waals surface area contributed by atoms with Crippen LogP contribution in [0.4, 0.5) is 0 Å². The average molecular weight is 479 g/mol. The molecule has 0 heterocycles. The first-order chi connectivity index (χ1) is 15.5. The van der Waals surface area contributed by atoms with Crippen LogP contribution >= 0.6 is 0 Å². The van der Waals surface area contributed by atoms with Crippen LogP contribution in [0.25, 0.3) is 0 Å². The molecule has 7 unspecified atom stereocenters. The van der Waals surface area contributed by atoms with Crippen LogP contribution in [0.1, 0.15) is 53.4 Å². The summed E-state index contributed by atoms with van der Waals surface area (Å²) in [5.74, 6) is -0.0176. The molecule has 1 aliphatic rings. The van der Waals surface area contributed by atoms with E-state index >= 15 is 0 Å². The third-order valence-electron chi connectivity index (χ3n) is 6.90. The van der Waals surface area contributed by atoms with Crippen molar-refractivity contribution in [3.63, 3.8) is 0 Å². The van der Waals surface area contributed by atoms with Crippen LogP contribution in [0.2, 0.25) is 0 Å². The van der Waals surface area contributed by atoms with Gasteiger partial charge >= 0.3 is 0 Å². The third-order valence-corrected chi connectivity index (χ3v) is 6.90. The Labute approximate surface area is 199 Å². The highest BCUT2D eigenvalue weighted by atomic mass is 16.5. The zero-order valence-electron chi connectivity index (χ0n) is 20.8. The summed E-state index contributed by atoms with van der Waals surface area (Å²) < 4.78 is 12.2. The molecule has 11 atom stereocenters. The molecule has 0 spiro atoms. The van der Waals surface area contributed by atoms with E-state index < -0.39 is 48.5 Å². The first-order valence-corrected chi connectivity index (χ1v) is 12.3. The molecule has 0 bridgehead atoms. The smallest absolute Gasteiger partial charge is 0.105 e. The Morgan fingerprint density at radius 3 is 2.18 bits per heavy atom. The second kappa shape index (κ2) is 14.9. The lowest BCUT2D eigenvalue weighted by atomic mass is 9.80. The van der Waals surface area contributed by atoms with Gasteiger partial charge in [0.25, 0.3) is 0 Å². The van der Waals surface area contributed by atoms with Gasteiger partial charge in [0.15, 0.2) is 0 Å². The van der Waals surface area contributed by atoms with Gasteiger partial charge in [0, 0.05) is 24.6 Å². The van der Waals surface area contributed by atoms with Crippen molar-refractivity contribution in [2.75, 3.05) is 19.8 Å². The topological polar surface area (TPSA) is 203 Å². The highest BCUT2D eigenvalue weighted by molar-refractivity contribution is 4.96. The van der Waals surface area contributed by atoms with Crippen LogP contribution in [0.15, 0.2) is 0 Å². The van der Waals surface area contributed by atoms with Gasteiger partial charge in [-0.15, -0.1) is 0 Å². The molecule has 33 heavy (non-hydrogen) atoms. The Balaban J connectivity index is 2.92. The number of nitrogens with two attached hydrogens (primary N) is 4. The fourth-order valence-electron chi connectivity index (χ4n) is 4.49. The van der Waals surface area contributed by atoms with Crippen molar-refractivity contribution in [1.82, 2.24) is 0 Å². The average Bonchev–Trinajstić information content (AvgIpc) is 2.76. The second-order valence-corrected chi connectivity index (χ2v) is 10.2. The highest BCUT2D eigenvalue weighted by Gasteiger charge is 2.42. The molecule has 1 aliphatic carbocycles. The molecule has 10 nitrogen and oxygen atoms in total. The minimum Gasteiger partial charge on any atom is -0.396 e. The highest BCUT2D eigenvalue weighted by Crippen LogP contribution is 2.28. The molecule has 0 radical (unpaired) electrons. The van der Waals surface area contributed by atoms with Crippen LogP contribution < -0.4 is 22.9 Å². The van der Waals surface area contributed by atoms with Crippen molar-refractivity contribution in [2.45, 2.75) is 108 Å². The molecule has 1 fully saturated rings. The van der Waals surface area contributed by atoms with Gasteiger partial charge in [0.05, 0.1) is 37.1 Å². The molecule has 0 aromatic carbocycles. The first kappa shape index (κ1) is 30.6. The maximum atomic E-state index is 11.0. The van der Waals surface area contributed by atoms with Crippen LogP contribution in [0.5, 0.6) is 0 Å². The summed E-state index contributed by atoms with van der Waals surface area (Å²) in [7, 11) is 0. The van der Waals surface area contributed by atoms with Gasteiger partial charge in [0.2, 0.25) is 0 Å². The molecule has 10 heteroatoms. The normalized spacial score (nSPS) is 31.7. The number of aliphatic hydroxyl groups excluding tert-OH is 4. The van der Waals surface area contributed by atoms with Crippen LogP contribution in [0, 0.1) is 17.8 Å². The van der Waals surface area contributed by atoms with Gasteiger partial charge in [-0.1, -0.05) is 27.2 Å². The van der Waals surface area contributed by atoms with E-state index in [2.05, 4.69) is 20.8 Å². The lowest BCUT2D eigenvalue weighted by Gasteiger charge is -2.41. The lowest BCUT2D eigenvalue weighted by molar-refractivity contribution is -0.163. The molecular weight excluding hydrogens is 428 g/mol. The number of rotatable bonds is 15. The summed E-state index contributed by atoms with van der Waals surface area (Å²) in [6, 6.07) is -1.64. The Kier molecular flexibility index (Phi) is 13.8. The zero-order chi connectivity index (χ0) is 25.3. The van der Waals surface area contributed by atoms with E-state index in [9.17, 15) is 20.4 Å². The standard InChI is InChI=1S/C23H50N4O6/c1-5-14(9-24)7-18(12(2)3)33-23(16(26)6-13(4)25)17(29)11-32-19-8-15(10-28)21(30)20(27)22(19)31/h12-23,28-31H,5-11,24-27H2,1-4H3/t13-,14?,15?,16?,17-,18?,19?,20?,21+,22-,23?/m1/s1. The Morgan fingerprint density at radius 1 is 1.06 bits per heavy atom. The molecule has 0 aromatic heterocycles. The van der Waals surface area contributed by atoms with Gasteiger partial charge in [-0.05, 0) is 44.6 Å². The zero-order valence-corrected chi connectivity index (χ0v) is 20.8. The monoisotopic (exact) mass is 478 g/mol. The minimum absolute atomic E-state index is 0.140. The number of ether oxygens (including phenoxy) is 2. The van der Waals surface area contributed by atoms with E-state index in [1.807, 2.05) is 6.92 Å². The van der Waals surface area contributed by atoms with Crippen molar-refractivity contribution < 1.29 is 29.9 Å². The number of hydrogen-bond donors (Lipinski definition) is 8. The van der Waals surface area contributed by atoms with Gasteiger partial charge in [-0.2, -0.15) is 0 Å². The molecule has 0 saturated heterocycles. The SMILES string of the molecule is CCC(CN)CC(OC(C(N)C[C@@H](C)N)[C@H](O)COC1CC(CO)[C@H](O)C(N)[C@@H]1O)C(C)C. The summed E-state index contributed by atoms with van der Waals surface area (Å²) in [5.41, 5.74) is 24.2. The molecule has 198 valence electrons. The van der Waals surface area contributed by atoms with Gasteiger partial charge in [-0.25, -0.2) is 0 Å². The van der Waals surface area contributed by atoms with E-state index in [0.717, 1.165) is 12.8 Å². The van der Waals surface area contributed by atoms with Crippen molar-refractivity contribution >= 4 is 0 Å². The lowest BCUT2D eigenvalue weighted by Crippen LogP contribution is -2.59. The third kappa shape index (κ3) is 9.29. The molecule has 0 amide bonds. The Morgan fingerprint density at radius 2 is 1.70 bits per heavy atom. The van der Waals surface area contributed by atoms with E-state index in [1.165, 1.54) is 0 Å². The van der Waals surface area contributed by atoms with Crippen molar-refractivity contribution in [2.24, 2.45) is 40.7 Å². The van der Waals surface area contributed by atoms with Gasteiger partial charge in [0.1, 0.15) is 12.2 Å². The van der Waals surface area contributed by atoms with E-state index in [-0.39, 0.29) is 37.7 Å². The number of aliphatic hydroxyl groups is 4. The predicted molar refractivity (Wildman–Crippen MR) is 128 cm³/mol.